The number of amides is 1. The third kappa shape index (κ3) is 3.88. The number of nitro benzene ring substituents is 1. The van der Waals surface area contributed by atoms with Crippen LogP contribution in [0.15, 0.2) is 58.4 Å². The number of hydrazone groups is 1. The van der Waals surface area contributed by atoms with Crippen LogP contribution < -0.4 is 11.0 Å². The highest BCUT2D eigenvalue weighted by Gasteiger charge is 2.12. The fourth-order valence-corrected chi connectivity index (χ4v) is 2.64. The van der Waals surface area contributed by atoms with Crippen LogP contribution in [0.5, 0.6) is 0 Å². The summed E-state index contributed by atoms with van der Waals surface area (Å²) in [5, 5.41) is 17.6. The zero-order chi connectivity index (χ0) is 20.3. The van der Waals surface area contributed by atoms with Crippen LogP contribution in [0, 0.1) is 24.0 Å². The Labute approximate surface area is 159 Å². The van der Waals surface area contributed by atoms with Gasteiger partial charge in [-0.3, -0.25) is 24.8 Å². The molecule has 0 unspecified atom stereocenters. The van der Waals surface area contributed by atoms with E-state index in [1.807, 2.05) is 25.1 Å². The second-order valence-electron chi connectivity index (χ2n) is 6.14. The minimum absolute atomic E-state index is 0.0920. The molecule has 2 N–H and O–H groups in total. The molecule has 28 heavy (non-hydrogen) atoms. The molecule has 0 saturated heterocycles. The molecule has 0 aliphatic carbocycles. The van der Waals surface area contributed by atoms with Gasteiger partial charge >= 0.3 is 0 Å². The fourth-order valence-electron chi connectivity index (χ4n) is 2.64. The van der Waals surface area contributed by atoms with E-state index in [-0.39, 0.29) is 16.8 Å². The van der Waals surface area contributed by atoms with Crippen molar-refractivity contribution >= 4 is 17.8 Å². The number of nitrogens with one attached hydrogen (secondary N) is 2. The van der Waals surface area contributed by atoms with Gasteiger partial charge in [-0.05, 0) is 37.6 Å². The first-order valence-electron chi connectivity index (χ1n) is 8.33. The van der Waals surface area contributed by atoms with Crippen molar-refractivity contribution in [2.24, 2.45) is 5.10 Å². The molecule has 1 heterocycles. The van der Waals surface area contributed by atoms with Crippen molar-refractivity contribution in [3.63, 3.8) is 0 Å². The van der Waals surface area contributed by atoms with Crippen molar-refractivity contribution in [3.05, 3.63) is 91.4 Å². The number of non-ortho nitro benzene ring substituents is 1. The second-order valence-corrected chi connectivity index (χ2v) is 6.14. The quantitative estimate of drug-likeness (QED) is 0.401. The van der Waals surface area contributed by atoms with Crippen LogP contribution in [0.3, 0.4) is 0 Å². The van der Waals surface area contributed by atoms with Crippen molar-refractivity contribution in [2.45, 2.75) is 13.8 Å². The van der Waals surface area contributed by atoms with Gasteiger partial charge in [0.2, 0.25) is 0 Å². The van der Waals surface area contributed by atoms with Crippen LogP contribution in [-0.4, -0.2) is 26.8 Å². The second kappa shape index (κ2) is 7.70. The predicted octanol–water partition coefficient (Wildman–Crippen LogP) is 2.45. The van der Waals surface area contributed by atoms with Gasteiger partial charge in [-0.15, -0.1) is 0 Å². The summed E-state index contributed by atoms with van der Waals surface area (Å²) < 4.78 is 1.39. The first-order chi connectivity index (χ1) is 13.4. The molecule has 0 aliphatic rings. The van der Waals surface area contributed by atoms with E-state index in [1.54, 1.807) is 13.0 Å². The van der Waals surface area contributed by atoms with Gasteiger partial charge in [-0.1, -0.05) is 18.2 Å². The van der Waals surface area contributed by atoms with Crippen molar-refractivity contribution in [1.29, 1.82) is 0 Å². The zero-order valence-electron chi connectivity index (χ0n) is 15.2. The molecule has 1 amide bonds. The fraction of sp³-hybridized carbons (Fsp3) is 0.105. The van der Waals surface area contributed by atoms with Crippen LogP contribution in [0.2, 0.25) is 0 Å². The van der Waals surface area contributed by atoms with Crippen LogP contribution in [-0.2, 0) is 0 Å². The largest absolute Gasteiger partial charge is 0.295 e. The molecule has 3 rings (SSSR count). The lowest BCUT2D eigenvalue weighted by Crippen LogP contribution is -2.20. The Balaban J connectivity index is 1.80. The van der Waals surface area contributed by atoms with E-state index in [2.05, 4.69) is 15.6 Å². The van der Waals surface area contributed by atoms with Crippen molar-refractivity contribution in [3.8, 4) is 5.69 Å². The molecule has 0 atom stereocenters. The van der Waals surface area contributed by atoms with E-state index in [4.69, 9.17) is 0 Å². The molecule has 0 aliphatic heterocycles. The topological polar surface area (TPSA) is 122 Å². The van der Waals surface area contributed by atoms with Gasteiger partial charge in [0.25, 0.3) is 17.2 Å². The average molecular weight is 379 g/mol. The zero-order valence-corrected chi connectivity index (χ0v) is 15.2. The highest BCUT2D eigenvalue weighted by molar-refractivity contribution is 5.95. The number of hydrogen-bond donors (Lipinski definition) is 2. The Morgan fingerprint density at radius 3 is 2.68 bits per heavy atom. The number of nitrogens with zero attached hydrogens (tertiary/aromatic N) is 3. The third-order valence-corrected chi connectivity index (χ3v) is 4.06. The Morgan fingerprint density at radius 1 is 1.21 bits per heavy atom. The van der Waals surface area contributed by atoms with E-state index >= 15 is 0 Å². The summed E-state index contributed by atoms with van der Waals surface area (Å²) in [4.78, 5) is 34.9. The molecule has 0 radical (unpaired) electrons. The number of aromatic nitrogens is 2. The molecule has 9 nitrogen and oxygen atoms in total. The number of benzene rings is 2. The summed E-state index contributed by atoms with van der Waals surface area (Å²) in [7, 11) is 0. The molecule has 3 aromatic rings. The van der Waals surface area contributed by atoms with Gasteiger partial charge in [0, 0.05) is 23.4 Å². The van der Waals surface area contributed by atoms with Crippen LogP contribution in [0.25, 0.3) is 5.69 Å². The Hall–Kier alpha value is -4.01. The first kappa shape index (κ1) is 18.8. The van der Waals surface area contributed by atoms with Crippen molar-refractivity contribution in [1.82, 2.24) is 15.2 Å². The Bertz CT molecular complexity index is 1140. The van der Waals surface area contributed by atoms with Crippen LogP contribution in [0.1, 0.15) is 27.2 Å². The third-order valence-electron chi connectivity index (χ3n) is 4.06. The number of carbonyl (C=O) groups excluding carboxylic acids is 1. The van der Waals surface area contributed by atoms with E-state index in [1.165, 1.54) is 29.1 Å². The monoisotopic (exact) mass is 379 g/mol. The molecule has 1 aromatic heterocycles. The summed E-state index contributed by atoms with van der Waals surface area (Å²) in [5.41, 5.74) is 4.43. The number of H-pyrrole nitrogens is 1. The molecule has 9 heteroatoms. The highest BCUT2D eigenvalue weighted by atomic mass is 16.6. The number of aryl methyl sites for hydroxylation is 2. The van der Waals surface area contributed by atoms with Crippen molar-refractivity contribution < 1.29 is 9.72 Å². The molecule has 0 saturated carbocycles. The van der Waals surface area contributed by atoms with Gasteiger partial charge in [0.1, 0.15) is 0 Å². The van der Waals surface area contributed by atoms with E-state index < -0.39 is 10.8 Å². The first-order valence-corrected chi connectivity index (χ1v) is 8.33. The Kier molecular flexibility index (Phi) is 5.16. The maximum absolute atomic E-state index is 12.6. The Morgan fingerprint density at radius 2 is 1.96 bits per heavy atom. The number of hydrogen-bond acceptors (Lipinski definition) is 5. The standard InChI is InChI=1S/C19H17N5O4/c1-12-5-3-7-15(9-12)23-19(26)17(13(2)22-23)11-20-21-18(25)14-6-4-8-16(10-14)24(27)28/h3-11,22H,1-2H3,(H,21,25)/b20-11+. The maximum atomic E-state index is 12.6. The number of rotatable bonds is 5. The molecule has 0 spiro atoms. The molecular weight excluding hydrogens is 362 g/mol. The number of carbonyl (C=O) groups is 1. The smallest absolute Gasteiger partial charge is 0.280 e. The lowest BCUT2D eigenvalue weighted by Gasteiger charge is -2.02. The number of aromatic amines is 1. The van der Waals surface area contributed by atoms with E-state index in [0.29, 0.717) is 16.9 Å². The molecule has 142 valence electrons. The van der Waals surface area contributed by atoms with E-state index in [9.17, 15) is 19.7 Å². The van der Waals surface area contributed by atoms with Gasteiger partial charge in [-0.25, -0.2) is 10.1 Å². The minimum Gasteiger partial charge on any atom is -0.295 e. The summed E-state index contributed by atoms with van der Waals surface area (Å²) >= 11 is 0. The molecule has 2 aromatic carbocycles. The predicted molar refractivity (Wildman–Crippen MR) is 104 cm³/mol. The molecule has 0 fully saturated rings. The molecule has 0 bridgehead atoms. The van der Waals surface area contributed by atoms with Gasteiger partial charge in [0.05, 0.1) is 22.4 Å². The van der Waals surface area contributed by atoms with Gasteiger partial charge < -0.3 is 0 Å². The van der Waals surface area contributed by atoms with Gasteiger partial charge in [0.15, 0.2) is 0 Å². The SMILES string of the molecule is Cc1cccc(-n2[nH]c(C)c(/C=N/NC(=O)c3cccc([N+](=O)[O-])c3)c2=O)c1. The summed E-state index contributed by atoms with van der Waals surface area (Å²) in [5.74, 6) is -0.618. The van der Waals surface area contributed by atoms with E-state index in [0.717, 1.165) is 11.6 Å². The molecular formula is C19H17N5O4. The summed E-state index contributed by atoms with van der Waals surface area (Å²) in [6.45, 7) is 3.65. The van der Waals surface area contributed by atoms with Gasteiger partial charge in [-0.2, -0.15) is 5.10 Å². The lowest BCUT2D eigenvalue weighted by atomic mass is 10.2. The highest BCUT2D eigenvalue weighted by Crippen LogP contribution is 2.13. The maximum Gasteiger partial charge on any atom is 0.280 e. The number of nitro groups is 1. The lowest BCUT2D eigenvalue weighted by molar-refractivity contribution is -0.384. The average Bonchev–Trinajstić information content (AvgIpc) is 2.96. The summed E-state index contributed by atoms with van der Waals surface area (Å²) in [6, 6.07) is 12.7. The summed E-state index contributed by atoms with van der Waals surface area (Å²) in [6.07, 6.45) is 1.25. The normalized spacial score (nSPS) is 10.9. The van der Waals surface area contributed by atoms with Crippen molar-refractivity contribution in [2.75, 3.05) is 0 Å². The minimum atomic E-state index is -0.618. The van der Waals surface area contributed by atoms with Crippen LogP contribution in [0.4, 0.5) is 5.69 Å². The van der Waals surface area contributed by atoms with Crippen LogP contribution >= 0.6 is 0 Å².